The number of anilines is 1. The molecule has 0 aromatic heterocycles. The van der Waals surface area contributed by atoms with Crippen LogP contribution in [0.25, 0.3) is 10.8 Å². The summed E-state index contributed by atoms with van der Waals surface area (Å²) in [6, 6.07) is 12.0. The molecule has 0 radical (unpaired) electrons. The van der Waals surface area contributed by atoms with Crippen molar-refractivity contribution in [3.05, 3.63) is 36.4 Å². The molecule has 1 fully saturated rings. The van der Waals surface area contributed by atoms with Crippen LogP contribution < -0.4 is 10.1 Å². The van der Waals surface area contributed by atoms with E-state index >= 15 is 0 Å². The third-order valence-electron chi connectivity index (χ3n) is 5.36. The van der Waals surface area contributed by atoms with Crippen molar-refractivity contribution in [3.8, 4) is 5.75 Å². The first-order valence-electron chi connectivity index (χ1n) is 10.7. The molecule has 0 aliphatic heterocycles. The molecule has 0 saturated heterocycles. The van der Waals surface area contributed by atoms with Gasteiger partial charge in [-0.1, -0.05) is 64.3 Å². The van der Waals surface area contributed by atoms with E-state index in [0.717, 1.165) is 54.3 Å². The molecule has 4 heteroatoms. The molecule has 1 N–H and O–H groups in total. The lowest BCUT2D eigenvalue weighted by molar-refractivity contribution is -0.146. The molecule has 0 unspecified atom stereocenters. The Morgan fingerprint density at radius 3 is 2.46 bits per heavy atom. The monoisotopic (exact) mass is 383 g/mol. The first-order valence-corrected chi connectivity index (χ1v) is 10.7. The minimum absolute atomic E-state index is 0.0124. The summed E-state index contributed by atoms with van der Waals surface area (Å²) in [6.45, 7) is 7.64. The van der Waals surface area contributed by atoms with Crippen LogP contribution in [0.5, 0.6) is 5.75 Å². The Morgan fingerprint density at radius 1 is 1.07 bits per heavy atom. The number of hydrogen-bond donors (Lipinski definition) is 1. The second-order valence-electron chi connectivity index (χ2n) is 8.22. The molecule has 1 saturated carbocycles. The highest BCUT2D eigenvalue weighted by Gasteiger charge is 2.40. The summed E-state index contributed by atoms with van der Waals surface area (Å²) in [6.07, 6.45) is 5.77. The van der Waals surface area contributed by atoms with E-state index in [2.05, 4.69) is 26.1 Å². The highest BCUT2D eigenvalue weighted by Crippen LogP contribution is 2.36. The molecule has 4 nitrogen and oxygen atoms in total. The van der Waals surface area contributed by atoms with Crippen molar-refractivity contribution < 1.29 is 14.3 Å². The zero-order valence-electron chi connectivity index (χ0n) is 17.4. The summed E-state index contributed by atoms with van der Waals surface area (Å²) in [5.41, 5.74) is 0.130. The van der Waals surface area contributed by atoms with Crippen molar-refractivity contribution in [3.63, 3.8) is 0 Å². The van der Waals surface area contributed by atoms with Crippen LogP contribution in [-0.4, -0.2) is 24.7 Å². The first kappa shape index (κ1) is 20.7. The van der Waals surface area contributed by atoms with Crippen LogP contribution in [0, 0.1) is 5.92 Å². The minimum atomic E-state index is -0.692. The fourth-order valence-corrected chi connectivity index (χ4v) is 3.86. The van der Waals surface area contributed by atoms with Gasteiger partial charge in [0.05, 0.1) is 6.61 Å². The SMILES string of the molecule is CCCOC1(C(=O)Nc2ccc(OCC(C)C)c3ccccc23)CCCCC1. The van der Waals surface area contributed by atoms with Gasteiger partial charge in [-0.15, -0.1) is 0 Å². The molecule has 152 valence electrons. The summed E-state index contributed by atoms with van der Waals surface area (Å²) in [4.78, 5) is 13.3. The molecule has 0 heterocycles. The molecular formula is C24H33NO3. The Hall–Kier alpha value is -2.07. The van der Waals surface area contributed by atoms with E-state index in [9.17, 15) is 4.79 Å². The van der Waals surface area contributed by atoms with Crippen LogP contribution in [0.4, 0.5) is 5.69 Å². The fraction of sp³-hybridized carbons (Fsp3) is 0.542. The highest BCUT2D eigenvalue weighted by atomic mass is 16.5. The maximum atomic E-state index is 13.3. The second kappa shape index (κ2) is 9.42. The number of benzene rings is 2. The summed E-state index contributed by atoms with van der Waals surface area (Å²) in [5, 5.41) is 5.20. The van der Waals surface area contributed by atoms with Crippen molar-refractivity contribution in [2.24, 2.45) is 5.92 Å². The molecule has 2 aromatic rings. The van der Waals surface area contributed by atoms with Crippen molar-refractivity contribution in [2.45, 2.75) is 64.9 Å². The smallest absolute Gasteiger partial charge is 0.256 e. The van der Waals surface area contributed by atoms with E-state index in [1.54, 1.807) is 0 Å². The van der Waals surface area contributed by atoms with E-state index in [4.69, 9.17) is 9.47 Å². The number of ether oxygens (including phenoxy) is 2. The quantitative estimate of drug-likeness (QED) is 0.613. The lowest BCUT2D eigenvalue weighted by Crippen LogP contribution is -2.47. The number of hydrogen-bond acceptors (Lipinski definition) is 3. The van der Waals surface area contributed by atoms with Gasteiger partial charge >= 0.3 is 0 Å². The topological polar surface area (TPSA) is 47.6 Å². The van der Waals surface area contributed by atoms with Crippen molar-refractivity contribution in [2.75, 3.05) is 18.5 Å². The van der Waals surface area contributed by atoms with Crippen molar-refractivity contribution >= 4 is 22.4 Å². The van der Waals surface area contributed by atoms with Gasteiger partial charge in [0.1, 0.15) is 11.4 Å². The molecule has 1 aliphatic carbocycles. The Balaban J connectivity index is 1.86. The average molecular weight is 384 g/mol. The van der Waals surface area contributed by atoms with Crippen molar-refractivity contribution in [1.82, 2.24) is 0 Å². The number of carbonyl (C=O) groups is 1. The molecule has 0 atom stereocenters. The van der Waals surface area contributed by atoms with Gasteiger partial charge in [0.25, 0.3) is 5.91 Å². The number of nitrogens with one attached hydrogen (secondary N) is 1. The van der Waals surface area contributed by atoms with Gasteiger partial charge in [0, 0.05) is 23.1 Å². The predicted octanol–water partition coefficient (Wildman–Crippen LogP) is 5.94. The number of rotatable bonds is 8. The summed E-state index contributed by atoms with van der Waals surface area (Å²) in [5.74, 6) is 1.30. The van der Waals surface area contributed by atoms with E-state index in [-0.39, 0.29) is 5.91 Å². The molecule has 28 heavy (non-hydrogen) atoms. The highest BCUT2D eigenvalue weighted by molar-refractivity contribution is 6.06. The van der Waals surface area contributed by atoms with Gasteiger partial charge in [0.2, 0.25) is 0 Å². The van der Waals surface area contributed by atoms with Gasteiger partial charge < -0.3 is 14.8 Å². The van der Waals surface area contributed by atoms with Crippen LogP contribution in [0.3, 0.4) is 0 Å². The van der Waals surface area contributed by atoms with E-state index in [1.165, 1.54) is 6.42 Å². The standard InChI is InChI=1S/C24H33NO3/c1-4-16-28-24(14-8-5-9-15-24)23(26)25-21-12-13-22(27-17-18(2)3)20-11-7-6-10-19(20)21/h6-7,10-13,18H,4-5,8-9,14-17H2,1-3H3,(H,25,26). The third kappa shape index (κ3) is 4.67. The predicted molar refractivity (Wildman–Crippen MR) is 115 cm³/mol. The lowest BCUT2D eigenvalue weighted by Gasteiger charge is -2.35. The third-order valence-corrected chi connectivity index (χ3v) is 5.36. The van der Waals surface area contributed by atoms with Crippen LogP contribution in [0.1, 0.15) is 59.3 Å². The number of amides is 1. The summed E-state index contributed by atoms with van der Waals surface area (Å²) in [7, 11) is 0. The zero-order valence-corrected chi connectivity index (χ0v) is 17.4. The second-order valence-corrected chi connectivity index (χ2v) is 8.22. The fourth-order valence-electron chi connectivity index (χ4n) is 3.86. The number of fused-ring (bicyclic) bond motifs is 1. The largest absolute Gasteiger partial charge is 0.493 e. The van der Waals surface area contributed by atoms with Crippen LogP contribution in [0.15, 0.2) is 36.4 Å². The molecular weight excluding hydrogens is 350 g/mol. The van der Waals surface area contributed by atoms with Gasteiger partial charge in [-0.3, -0.25) is 4.79 Å². The van der Waals surface area contributed by atoms with Gasteiger partial charge in [-0.25, -0.2) is 0 Å². The molecule has 1 amide bonds. The lowest BCUT2D eigenvalue weighted by atomic mass is 9.83. The van der Waals surface area contributed by atoms with Crippen LogP contribution >= 0.6 is 0 Å². The molecule has 0 bridgehead atoms. The minimum Gasteiger partial charge on any atom is -0.493 e. The van der Waals surface area contributed by atoms with E-state index in [1.807, 2.05) is 36.4 Å². The van der Waals surface area contributed by atoms with Crippen LogP contribution in [-0.2, 0) is 9.53 Å². The Morgan fingerprint density at radius 2 is 1.79 bits per heavy atom. The van der Waals surface area contributed by atoms with Gasteiger partial charge in [0.15, 0.2) is 0 Å². The Bertz CT molecular complexity index is 794. The zero-order chi connectivity index (χ0) is 20.0. The molecule has 0 spiro atoms. The summed E-state index contributed by atoms with van der Waals surface area (Å²) < 4.78 is 12.1. The molecule has 3 rings (SSSR count). The van der Waals surface area contributed by atoms with Gasteiger partial charge in [-0.05, 0) is 37.3 Å². The first-order chi connectivity index (χ1) is 13.6. The van der Waals surface area contributed by atoms with E-state index < -0.39 is 5.60 Å². The van der Waals surface area contributed by atoms with Crippen LogP contribution in [0.2, 0.25) is 0 Å². The Kier molecular flexibility index (Phi) is 6.95. The van der Waals surface area contributed by atoms with Gasteiger partial charge in [-0.2, -0.15) is 0 Å². The summed E-state index contributed by atoms with van der Waals surface area (Å²) >= 11 is 0. The average Bonchev–Trinajstić information content (AvgIpc) is 2.72. The maximum absolute atomic E-state index is 13.3. The van der Waals surface area contributed by atoms with E-state index in [0.29, 0.717) is 19.1 Å². The number of carbonyl (C=O) groups excluding carboxylic acids is 1. The molecule has 2 aromatic carbocycles. The maximum Gasteiger partial charge on any atom is 0.256 e. The molecule has 1 aliphatic rings. The Labute approximate surface area is 168 Å². The normalized spacial score (nSPS) is 16.3. The van der Waals surface area contributed by atoms with Crippen molar-refractivity contribution in [1.29, 1.82) is 0 Å².